The molecular formula is C19H25N5O4. The van der Waals surface area contributed by atoms with Crippen molar-refractivity contribution in [2.45, 2.75) is 6.42 Å². The Bertz CT molecular complexity index is 898. The standard InChI is InChI=1S/C19H25N5O4/c1-23-18(25)8-14(11-21-23)24-7-6-13(12-24)10-20-19(26)22-16-9-15(27-2)4-5-17(16)28-3/h4-5,8-9,11,13H,6-7,10,12H2,1-3H3,(H2,20,22,26)/t13-/m0/s1. The highest BCUT2D eigenvalue weighted by molar-refractivity contribution is 5.91. The van der Waals surface area contributed by atoms with Gasteiger partial charge in [0.2, 0.25) is 0 Å². The van der Waals surface area contributed by atoms with Crippen molar-refractivity contribution in [3.05, 3.63) is 40.8 Å². The Balaban J connectivity index is 1.53. The molecule has 9 nitrogen and oxygen atoms in total. The first kappa shape index (κ1) is 19.5. The van der Waals surface area contributed by atoms with E-state index in [1.54, 1.807) is 51.7 Å². The average Bonchev–Trinajstić information content (AvgIpc) is 3.17. The van der Waals surface area contributed by atoms with Gasteiger partial charge in [0.25, 0.3) is 5.56 Å². The number of carbonyl (C=O) groups excluding carboxylic acids is 1. The second kappa shape index (κ2) is 8.64. The van der Waals surface area contributed by atoms with Crippen molar-refractivity contribution in [2.24, 2.45) is 13.0 Å². The van der Waals surface area contributed by atoms with Crippen molar-refractivity contribution in [3.63, 3.8) is 0 Å². The summed E-state index contributed by atoms with van der Waals surface area (Å²) in [5.41, 5.74) is 1.22. The Kier molecular flexibility index (Phi) is 6.03. The Morgan fingerprint density at radius 3 is 2.82 bits per heavy atom. The van der Waals surface area contributed by atoms with Gasteiger partial charge < -0.3 is 25.0 Å². The van der Waals surface area contributed by atoms with E-state index < -0.39 is 0 Å². The summed E-state index contributed by atoms with van der Waals surface area (Å²) in [5.74, 6) is 1.48. The highest BCUT2D eigenvalue weighted by atomic mass is 16.5. The van der Waals surface area contributed by atoms with E-state index in [0.29, 0.717) is 29.6 Å². The third-order valence-electron chi connectivity index (χ3n) is 4.81. The Labute approximate surface area is 163 Å². The zero-order valence-corrected chi connectivity index (χ0v) is 16.3. The van der Waals surface area contributed by atoms with Crippen LogP contribution < -0.4 is 30.6 Å². The molecule has 1 aliphatic rings. The van der Waals surface area contributed by atoms with Crippen LogP contribution in [0, 0.1) is 5.92 Å². The van der Waals surface area contributed by atoms with Crippen molar-refractivity contribution in [2.75, 3.05) is 44.1 Å². The minimum absolute atomic E-state index is 0.134. The predicted molar refractivity (Wildman–Crippen MR) is 106 cm³/mol. The number of urea groups is 1. The number of ether oxygens (including phenoxy) is 2. The van der Waals surface area contributed by atoms with Crippen molar-refractivity contribution < 1.29 is 14.3 Å². The van der Waals surface area contributed by atoms with Gasteiger partial charge in [-0.05, 0) is 24.5 Å². The number of aromatic nitrogens is 2. The monoisotopic (exact) mass is 387 g/mol. The van der Waals surface area contributed by atoms with E-state index in [1.165, 1.54) is 4.68 Å². The quantitative estimate of drug-likeness (QED) is 0.779. The van der Waals surface area contributed by atoms with E-state index in [0.717, 1.165) is 25.2 Å². The largest absolute Gasteiger partial charge is 0.497 e. The van der Waals surface area contributed by atoms with Gasteiger partial charge in [-0.2, -0.15) is 5.10 Å². The molecule has 150 valence electrons. The normalized spacial score (nSPS) is 16.0. The molecule has 0 bridgehead atoms. The molecule has 1 saturated heterocycles. The number of hydrogen-bond acceptors (Lipinski definition) is 6. The van der Waals surface area contributed by atoms with Crippen LogP contribution >= 0.6 is 0 Å². The number of benzene rings is 1. The van der Waals surface area contributed by atoms with Crippen LogP contribution in [0.2, 0.25) is 0 Å². The fraction of sp³-hybridized carbons (Fsp3) is 0.421. The van der Waals surface area contributed by atoms with Gasteiger partial charge in [0, 0.05) is 38.8 Å². The van der Waals surface area contributed by atoms with Gasteiger partial charge in [0.1, 0.15) is 11.5 Å². The van der Waals surface area contributed by atoms with Crippen LogP contribution in [0.25, 0.3) is 0 Å². The fourth-order valence-electron chi connectivity index (χ4n) is 3.18. The molecule has 28 heavy (non-hydrogen) atoms. The summed E-state index contributed by atoms with van der Waals surface area (Å²) < 4.78 is 11.8. The summed E-state index contributed by atoms with van der Waals surface area (Å²) in [7, 11) is 4.73. The van der Waals surface area contributed by atoms with Crippen molar-refractivity contribution in [1.82, 2.24) is 15.1 Å². The molecule has 9 heteroatoms. The number of amides is 2. The van der Waals surface area contributed by atoms with Crippen LogP contribution in [0.5, 0.6) is 11.5 Å². The molecule has 0 unspecified atom stereocenters. The Morgan fingerprint density at radius 1 is 1.29 bits per heavy atom. The van der Waals surface area contributed by atoms with Gasteiger partial charge in [-0.15, -0.1) is 0 Å². The van der Waals surface area contributed by atoms with Gasteiger partial charge in [-0.3, -0.25) is 4.79 Å². The molecule has 1 aliphatic heterocycles. The van der Waals surface area contributed by atoms with Crippen LogP contribution in [0.3, 0.4) is 0 Å². The fourth-order valence-corrected chi connectivity index (χ4v) is 3.18. The molecule has 1 aromatic carbocycles. The highest BCUT2D eigenvalue weighted by Gasteiger charge is 2.24. The maximum Gasteiger partial charge on any atom is 0.319 e. The average molecular weight is 387 g/mol. The molecule has 0 saturated carbocycles. The van der Waals surface area contributed by atoms with Crippen molar-refractivity contribution in [1.29, 1.82) is 0 Å². The van der Waals surface area contributed by atoms with E-state index in [4.69, 9.17) is 9.47 Å². The number of aryl methyl sites for hydroxylation is 1. The van der Waals surface area contributed by atoms with E-state index in [1.807, 2.05) is 0 Å². The van der Waals surface area contributed by atoms with Gasteiger partial charge in [0.15, 0.2) is 0 Å². The minimum Gasteiger partial charge on any atom is -0.497 e. The molecule has 2 aromatic rings. The third kappa shape index (κ3) is 4.54. The highest BCUT2D eigenvalue weighted by Crippen LogP contribution is 2.28. The van der Waals surface area contributed by atoms with E-state index in [-0.39, 0.29) is 11.6 Å². The van der Waals surface area contributed by atoms with Crippen LogP contribution in [0.4, 0.5) is 16.2 Å². The minimum atomic E-state index is -0.305. The first-order valence-corrected chi connectivity index (χ1v) is 9.05. The van der Waals surface area contributed by atoms with Gasteiger partial charge in [-0.25, -0.2) is 9.48 Å². The SMILES string of the molecule is COc1ccc(OC)c(NC(=O)NC[C@@H]2CCN(c3cnn(C)c(=O)c3)C2)c1. The molecular weight excluding hydrogens is 362 g/mol. The number of hydrogen-bond donors (Lipinski definition) is 2. The summed E-state index contributed by atoms with van der Waals surface area (Å²) in [6.45, 7) is 2.12. The maximum atomic E-state index is 12.3. The summed E-state index contributed by atoms with van der Waals surface area (Å²) in [6, 6.07) is 6.49. The van der Waals surface area contributed by atoms with Crippen molar-refractivity contribution >= 4 is 17.4 Å². The number of rotatable bonds is 6. The van der Waals surface area contributed by atoms with Crippen LogP contribution in [0.1, 0.15) is 6.42 Å². The number of anilines is 2. The van der Waals surface area contributed by atoms with Gasteiger partial charge in [-0.1, -0.05) is 0 Å². The lowest BCUT2D eigenvalue weighted by molar-refractivity contribution is 0.250. The zero-order chi connectivity index (χ0) is 20.1. The van der Waals surface area contributed by atoms with E-state index in [2.05, 4.69) is 20.6 Å². The first-order valence-electron chi connectivity index (χ1n) is 9.05. The summed E-state index contributed by atoms with van der Waals surface area (Å²) in [6.07, 6.45) is 2.62. The lowest BCUT2D eigenvalue weighted by Crippen LogP contribution is -2.34. The van der Waals surface area contributed by atoms with E-state index >= 15 is 0 Å². The number of nitrogens with one attached hydrogen (secondary N) is 2. The molecule has 2 N–H and O–H groups in total. The topological polar surface area (TPSA) is 97.7 Å². The van der Waals surface area contributed by atoms with Crippen LogP contribution in [0.15, 0.2) is 35.3 Å². The van der Waals surface area contributed by atoms with Gasteiger partial charge >= 0.3 is 6.03 Å². The lowest BCUT2D eigenvalue weighted by atomic mass is 10.1. The molecule has 0 aliphatic carbocycles. The second-order valence-electron chi connectivity index (χ2n) is 6.68. The number of carbonyl (C=O) groups is 1. The smallest absolute Gasteiger partial charge is 0.319 e. The molecule has 3 rings (SSSR count). The summed E-state index contributed by atoms with van der Waals surface area (Å²) >= 11 is 0. The molecule has 2 heterocycles. The Hall–Kier alpha value is -3.23. The molecule has 0 radical (unpaired) electrons. The van der Waals surface area contributed by atoms with Gasteiger partial charge in [0.05, 0.1) is 31.8 Å². The first-order chi connectivity index (χ1) is 13.5. The third-order valence-corrected chi connectivity index (χ3v) is 4.81. The molecule has 1 aromatic heterocycles. The lowest BCUT2D eigenvalue weighted by Gasteiger charge is -2.18. The molecule has 0 spiro atoms. The predicted octanol–water partition coefficient (Wildman–Crippen LogP) is 1.45. The maximum absolute atomic E-state index is 12.3. The number of methoxy groups -OCH3 is 2. The van der Waals surface area contributed by atoms with E-state index in [9.17, 15) is 9.59 Å². The summed E-state index contributed by atoms with van der Waals surface area (Å²) in [5, 5.41) is 9.75. The van der Waals surface area contributed by atoms with Crippen molar-refractivity contribution in [3.8, 4) is 11.5 Å². The molecule has 1 atom stereocenters. The van der Waals surface area contributed by atoms with Crippen LogP contribution in [-0.4, -0.2) is 49.7 Å². The molecule has 2 amide bonds. The number of nitrogens with zero attached hydrogens (tertiary/aromatic N) is 3. The second-order valence-corrected chi connectivity index (χ2v) is 6.68. The zero-order valence-electron chi connectivity index (χ0n) is 16.3. The Morgan fingerprint density at radius 2 is 2.11 bits per heavy atom. The van der Waals surface area contributed by atoms with Crippen LogP contribution in [-0.2, 0) is 7.05 Å². The molecule has 1 fully saturated rings. The summed E-state index contributed by atoms with van der Waals surface area (Å²) in [4.78, 5) is 26.2.